The van der Waals surface area contributed by atoms with Gasteiger partial charge in [0.25, 0.3) is 0 Å². The number of methoxy groups -OCH3 is 1. The number of amides is 3. The van der Waals surface area contributed by atoms with E-state index in [2.05, 4.69) is 34.4 Å². The van der Waals surface area contributed by atoms with E-state index in [-0.39, 0.29) is 54.8 Å². The van der Waals surface area contributed by atoms with Crippen LogP contribution in [0.1, 0.15) is 65.0 Å². The molecule has 4 rings (SSSR count). The van der Waals surface area contributed by atoms with Gasteiger partial charge in [0, 0.05) is 30.9 Å². The Hall–Kier alpha value is -3.06. The van der Waals surface area contributed by atoms with Crippen molar-refractivity contribution in [1.29, 1.82) is 0 Å². The van der Waals surface area contributed by atoms with E-state index < -0.39 is 59.6 Å². The van der Waals surface area contributed by atoms with Crippen molar-refractivity contribution in [1.82, 2.24) is 15.1 Å². The molecule has 1 aromatic carbocycles. The molecule has 49 heavy (non-hydrogen) atoms. The highest BCUT2D eigenvalue weighted by molar-refractivity contribution is 9.09. The minimum Gasteiger partial charge on any atom is -0.455 e. The summed E-state index contributed by atoms with van der Waals surface area (Å²) >= 11 is 3.73. The Morgan fingerprint density at radius 1 is 1.20 bits per heavy atom. The number of likely N-dealkylation sites (tertiary alicyclic amines) is 1. The van der Waals surface area contributed by atoms with Gasteiger partial charge in [-0.15, -0.1) is 13.2 Å². The number of hydrogen-bond acceptors (Lipinski definition) is 8. The molecule has 0 radical (unpaired) electrons. The van der Waals surface area contributed by atoms with Gasteiger partial charge in [0.15, 0.2) is 0 Å². The van der Waals surface area contributed by atoms with E-state index in [1.807, 2.05) is 45.9 Å². The monoisotopic (exact) mass is 745 g/mol. The van der Waals surface area contributed by atoms with Gasteiger partial charge in [0.1, 0.15) is 17.7 Å². The van der Waals surface area contributed by atoms with Gasteiger partial charge in [0.05, 0.1) is 43.2 Å². The molecule has 12 heteroatoms. The first-order valence-electron chi connectivity index (χ1n) is 17.2. The maximum atomic E-state index is 14.8. The molecule has 0 aliphatic carbocycles. The second-order valence-electron chi connectivity index (χ2n) is 13.6. The summed E-state index contributed by atoms with van der Waals surface area (Å²) in [6, 6.07) is 6.37. The summed E-state index contributed by atoms with van der Waals surface area (Å²) in [5.74, 6) is -3.87. The van der Waals surface area contributed by atoms with E-state index in [4.69, 9.17) is 14.2 Å². The van der Waals surface area contributed by atoms with Gasteiger partial charge < -0.3 is 34.4 Å². The van der Waals surface area contributed by atoms with Gasteiger partial charge in [-0.25, -0.2) is 0 Å². The maximum Gasteiger partial charge on any atom is 0.313 e. The van der Waals surface area contributed by atoms with Crippen LogP contribution in [0.2, 0.25) is 0 Å². The Kier molecular flexibility index (Phi) is 13.3. The third kappa shape index (κ3) is 7.52. The fourth-order valence-electron chi connectivity index (χ4n) is 7.76. The van der Waals surface area contributed by atoms with E-state index in [1.165, 1.54) is 12.0 Å². The van der Waals surface area contributed by atoms with Crippen LogP contribution in [0.15, 0.2) is 55.6 Å². The highest BCUT2D eigenvalue weighted by Gasteiger charge is 2.78. The molecular formula is C37H52BrN3O8. The first-order chi connectivity index (χ1) is 23.4. The molecule has 3 amide bonds. The largest absolute Gasteiger partial charge is 0.455 e. The molecule has 1 unspecified atom stereocenters. The zero-order chi connectivity index (χ0) is 36.0. The number of halogens is 1. The van der Waals surface area contributed by atoms with E-state index in [9.17, 15) is 24.3 Å². The first-order valence-corrected chi connectivity index (χ1v) is 18.1. The van der Waals surface area contributed by atoms with Crippen LogP contribution in [0, 0.1) is 17.8 Å². The fourth-order valence-corrected chi connectivity index (χ4v) is 8.71. The van der Waals surface area contributed by atoms with E-state index >= 15 is 0 Å². The Bertz CT molecular complexity index is 1360. The molecule has 270 valence electrons. The van der Waals surface area contributed by atoms with E-state index in [0.29, 0.717) is 24.8 Å². The Labute approximate surface area is 298 Å². The van der Waals surface area contributed by atoms with Crippen molar-refractivity contribution in [3.8, 4) is 0 Å². The molecule has 3 aliphatic rings. The van der Waals surface area contributed by atoms with Crippen molar-refractivity contribution in [3.63, 3.8) is 0 Å². The lowest BCUT2D eigenvalue weighted by Gasteiger charge is -2.41. The zero-order valence-corrected chi connectivity index (χ0v) is 30.8. The molecule has 0 saturated carbocycles. The quantitative estimate of drug-likeness (QED) is 0.131. The molecule has 10 atom stereocenters. The molecule has 1 spiro atoms. The number of nitrogens with zero attached hydrogens (tertiary/aromatic N) is 2. The molecule has 3 saturated heterocycles. The van der Waals surface area contributed by atoms with Crippen LogP contribution < -0.4 is 5.32 Å². The number of fused-ring (bicyclic) bond motifs is 1. The third-order valence-electron chi connectivity index (χ3n) is 10.3. The summed E-state index contributed by atoms with van der Waals surface area (Å²) < 4.78 is 18.5. The van der Waals surface area contributed by atoms with Crippen molar-refractivity contribution in [2.75, 3.05) is 26.9 Å². The molecule has 2 N–H and O–H groups in total. The SMILES string of the molecule is C=CCCC(=O)N[C@@H](COC)[C@@H](OC(=O)[C@@H]1[C@H]2O[C@@]3(CC2Br)[C@H](C(=O)N(CC=C)C(C)C)N([C@@H](CO)[C@@H](C)CC)C(=O)[C@@H]13)c1ccccc1. The zero-order valence-electron chi connectivity index (χ0n) is 29.3. The van der Waals surface area contributed by atoms with Crippen molar-refractivity contribution in [2.24, 2.45) is 17.8 Å². The van der Waals surface area contributed by atoms with Crippen molar-refractivity contribution >= 4 is 39.6 Å². The van der Waals surface area contributed by atoms with Crippen molar-refractivity contribution in [2.45, 2.75) is 100 Å². The molecule has 1 aromatic rings. The molecule has 11 nitrogen and oxygen atoms in total. The predicted molar refractivity (Wildman–Crippen MR) is 188 cm³/mol. The highest BCUT2D eigenvalue weighted by Crippen LogP contribution is 2.61. The molecule has 2 bridgehead atoms. The number of aliphatic hydroxyl groups excluding tert-OH is 1. The number of allylic oxidation sites excluding steroid dienone is 1. The molecule has 3 heterocycles. The topological polar surface area (TPSA) is 135 Å². The number of hydrogen-bond donors (Lipinski definition) is 2. The van der Waals surface area contributed by atoms with Crippen LogP contribution in [0.5, 0.6) is 0 Å². The van der Waals surface area contributed by atoms with Gasteiger partial charge in [0.2, 0.25) is 17.7 Å². The lowest BCUT2D eigenvalue weighted by atomic mass is 9.70. The second-order valence-corrected chi connectivity index (χ2v) is 14.8. The average Bonchev–Trinajstić information content (AvgIpc) is 3.68. The molecule has 3 fully saturated rings. The number of esters is 1. The summed E-state index contributed by atoms with van der Waals surface area (Å²) in [6.45, 7) is 15.2. The third-order valence-corrected chi connectivity index (χ3v) is 11.2. The fraction of sp³-hybridized carbons (Fsp3) is 0.622. The van der Waals surface area contributed by atoms with Crippen molar-refractivity contribution in [3.05, 3.63) is 61.2 Å². The van der Waals surface area contributed by atoms with Gasteiger partial charge in [-0.1, -0.05) is 78.7 Å². The van der Waals surface area contributed by atoms with Gasteiger partial charge in [-0.3, -0.25) is 19.2 Å². The van der Waals surface area contributed by atoms with Crippen LogP contribution in [-0.4, -0.2) is 106 Å². The van der Waals surface area contributed by atoms with Crippen LogP contribution in [-0.2, 0) is 33.4 Å². The van der Waals surface area contributed by atoms with Gasteiger partial charge in [-0.2, -0.15) is 0 Å². The lowest BCUT2D eigenvalue weighted by Crippen LogP contribution is -2.60. The van der Waals surface area contributed by atoms with E-state index in [1.54, 1.807) is 29.2 Å². The number of carbonyl (C=O) groups is 4. The minimum absolute atomic E-state index is 0.0520. The van der Waals surface area contributed by atoms with Crippen molar-refractivity contribution < 1.29 is 38.5 Å². The van der Waals surface area contributed by atoms with E-state index in [0.717, 1.165) is 0 Å². The lowest BCUT2D eigenvalue weighted by molar-refractivity contribution is -0.163. The number of benzene rings is 1. The van der Waals surface area contributed by atoms with Crippen LogP contribution in [0.4, 0.5) is 0 Å². The predicted octanol–water partition coefficient (Wildman–Crippen LogP) is 3.95. The Balaban J connectivity index is 1.78. The summed E-state index contributed by atoms with van der Waals surface area (Å²) in [6.07, 6.45) is 3.24. The molecule has 3 aliphatic heterocycles. The number of nitrogens with one attached hydrogen (secondary N) is 1. The summed E-state index contributed by atoms with van der Waals surface area (Å²) in [7, 11) is 1.50. The first kappa shape index (κ1) is 38.7. The van der Waals surface area contributed by atoms with Crippen LogP contribution in [0.25, 0.3) is 0 Å². The number of ether oxygens (including phenoxy) is 3. The number of carbonyl (C=O) groups excluding carboxylic acids is 4. The maximum absolute atomic E-state index is 14.8. The van der Waals surface area contributed by atoms with Gasteiger partial charge in [-0.05, 0) is 38.2 Å². The molecular weight excluding hydrogens is 694 g/mol. The normalized spacial score (nSPS) is 28.0. The van der Waals surface area contributed by atoms with Gasteiger partial charge >= 0.3 is 5.97 Å². The van der Waals surface area contributed by atoms with Crippen LogP contribution >= 0.6 is 15.9 Å². The summed E-state index contributed by atoms with van der Waals surface area (Å²) in [5.41, 5.74) is -0.698. The summed E-state index contributed by atoms with van der Waals surface area (Å²) in [5, 5.41) is 13.6. The minimum atomic E-state index is -1.33. The smallest absolute Gasteiger partial charge is 0.313 e. The highest BCUT2D eigenvalue weighted by atomic mass is 79.9. The average molecular weight is 747 g/mol. The second kappa shape index (κ2) is 16.8. The Morgan fingerprint density at radius 3 is 2.47 bits per heavy atom. The summed E-state index contributed by atoms with van der Waals surface area (Å²) in [4.78, 5) is 59.6. The number of rotatable bonds is 18. The van der Waals surface area contributed by atoms with Crippen LogP contribution in [0.3, 0.4) is 0 Å². The molecule has 0 aromatic heterocycles. The standard InChI is InChI=1S/C37H52BrN3O8/c1-8-11-17-28(43)39-26(21-47-7)31(24-15-13-12-14-16-24)48-36(46)29-30-34(44)41(27(20-42)23(6)10-3)33(35(45)40(18-9-2)22(4)5)37(30)19-25(38)32(29)49-37/h8-9,12-16,22-23,25-27,29-33,42H,1-2,10-11,17-21H2,3-7H3,(H,39,43)/t23-,25?,26-,27-,29-,30+,31-,32-,33-,37+/m0/s1. The number of aliphatic hydroxyl groups is 1. The number of alkyl halides is 1. The Morgan fingerprint density at radius 2 is 1.90 bits per heavy atom.